The Balaban J connectivity index is 2.01. The lowest BCUT2D eigenvalue weighted by Crippen LogP contribution is -2.12. The Kier molecular flexibility index (Phi) is 4.38. The van der Waals surface area contributed by atoms with E-state index < -0.39 is 0 Å². The highest BCUT2D eigenvalue weighted by Gasteiger charge is 2.15. The molecule has 6 nitrogen and oxygen atoms in total. The molecule has 0 unspecified atom stereocenters. The van der Waals surface area contributed by atoms with Crippen molar-refractivity contribution in [2.24, 2.45) is 7.05 Å². The van der Waals surface area contributed by atoms with Gasteiger partial charge in [-0.05, 0) is 44.3 Å². The third kappa shape index (κ3) is 3.11. The molecule has 0 fully saturated rings. The molecule has 21 heavy (non-hydrogen) atoms. The van der Waals surface area contributed by atoms with Gasteiger partial charge >= 0.3 is 0 Å². The molecule has 2 aromatic heterocycles. The van der Waals surface area contributed by atoms with E-state index in [9.17, 15) is 4.79 Å². The Labute approximate surface area is 127 Å². The number of hydrogen-bond donors (Lipinski definition) is 1. The summed E-state index contributed by atoms with van der Waals surface area (Å²) in [6.07, 6.45) is 0.992. The zero-order valence-corrected chi connectivity index (χ0v) is 13.3. The fourth-order valence-corrected chi connectivity index (χ4v) is 2.96. The molecular weight excluding hydrogens is 286 g/mol. The summed E-state index contributed by atoms with van der Waals surface area (Å²) in [6, 6.07) is 2.06. The van der Waals surface area contributed by atoms with Crippen molar-refractivity contribution in [1.29, 1.82) is 5.26 Å². The molecule has 0 radical (unpaired) electrons. The van der Waals surface area contributed by atoms with Gasteiger partial charge in [-0.2, -0.15) is 14.7 Å². The van der Waals surface area contributed by atoms with Gasteiger partial charge < -0.3 is 5.32 Å². The van der Waals surface area contributed by atoms with Crippen molar-refractivity contribution in [3.8, 4) is 6.07 Å². The lowest BCUT2D eigenvalue weighted by Gasteiger charge is -2.04. The molecular formula is C14H17N5OS. The monoisotopic (exact) mass is 303 g/mol. The van der Waals surface area contributed by atoms with E-state index in [1.165, 1.54) is 0 Å². The van der Waals surface area contributed by atoms with E-state index in [4.69, 9.17) is 5.26 Å². The Morgan fingerprint density at radius 2 is 2.10 bits per heavy atom. The van der Waals surface area contributed by atoms with Crippen LogP contribution in [0.1, 0.15) is 34.6 Å². The van der Waals surface area contributed by atoms with Crippen LogP contribution in [0, 0.1) is 32.1 Å². The zero-order valence-electron chi connectivity index (χ0n) is 12.5. The smallest absolute Gasteiger partial charge is 0.225 e. The predicted octanol–water partition coefficient (Wildman–Crippen LogP) is 2.24. The summed E-state index contributed by atoms with van der Waals surface area (Å²) in [5.74, 6) is -0.113. The number of anilines is 1. The van der Waals surface area contributed by atoms with Gasteiger partial charge in [-0.15, -0.1) is 0 Å². The molecule has 0 saturated heterocycles. The number of nitrogens with zero attached hydrogens (tertiary/aromatic N) is 4. The molecule has 0 aliphatic carbocycles. The number of carbonyl (C=O) groups excluding carboxylic acids is 1. The van der Waals surface area contributed by atoms with E-state index in [0.717, 1.165) is 28.5 Å². The molecule has 2 aromatic rings. The maximum absolute atomic E-state index is 12.0. The number of aryl methyl sites for hydroxylation is 3. The Hall–Kier alpha value is -2.20. The fourth-order valence-electron chi connectivity index (χ4n) is 2.19. The third-order valence-corrected chi connectivity index (χ3v) is 4.34. The molecule has 7 heteroatoms. The van der Waals surface area contributed by atoms with Crippen molar-refractivity contribution in [3.05, 3.63) is 28.2 Å². The van der Waals surface area contributed by atoms with Gasteiger partial charge in [0.2, 0.25) is 5.91 Å². The summed E-state index contributed by atoms with van der Waals surface area (Å²) >= 11 is 1.14. The van der Waals surface area contributed by atoms with E-state index in [2.05, 4.69) is 20.9 Å². The van der Waals surface area contributed by atoms with E-state index in [1.807, 2.05) is 25.6 Å². The van der Waals surface area contributed by atoms with Gasteiger partial charge in [-0.25, -0.2) is 0 Å². The SMILES string of the molecule is Cc1nsc(NC(=O)CCc2c(C)nn(C)c2C)c1C#N. The molecule has 0 spiro atoms. The maximum atomic E-state index is 12.0. The number of hydrogen-bond acceptors (Lipinski definition) is 5. The lowest BCUT2D eigenvalue weighted by molar-refractivity contribution is -0.116. The second-order valence-corrected chi connectivity index (χ2v) is 5.68. The van der Waals surface area contributed by atoms with Crippen LogP contribution in [0.4, 0.5) is 5.00 Å². The lowest BCUT2D eigenvalue weighted by atomic mass is 10.1. The first-order valence-electron chi connectivity index (χ1n) is 6.59. The molecule has 0 saturated carbocycles. The molecule has 0 atom stereocenters. The first kappa shape index (κ1) is 15.2. The van der Waals surface area contributed by atoms with Gasteiger partial charge in [0.1, 0.15) is 16.6 Å². The normalized spacial score (nSPS) is 10.4. The minimum atomic E-state index is -0.113. The largest absolute Gasteiger partial charge is 0.315 e. The number of carbonyl (C=O) groups is 1. The van der Waals surface area contributed by atoms with Crippen LogP contribution >= 0.6 is 11.5 Å². The minimum Gasteiger partial charge on any atom is -0.315 e. The molecule has 0 aliphatic rings. The highest BCUT2D eigenvalue weighted by molar-refractivity contribution is 7.10. The van der Waals surface area contributed by atoms with Crippen molar-refractivity contribution in [2.45, 2.75) is 33.6 Å². The molecule has 1 N–H and O–H groups in total. The quantitative estimate of drug-likeness (QED) is 0.939. The summed E-state index contributed by atoms with van der Waals surface area (Å²) in [5.41, 5.74) is 4.23. The minimum absolute atomic E-state index is 0.113. The fraction of sp³-hybridized carbons (Fsp3) is 0.429. The third-order valence-electron chi connectivity index (χ3n) is 3.49. The zero-order chi connectivity index (χ0) is 15.6. The van der Waals surface area contributed by atoms with E-state index >= 15 is 0 Å². The molecule has 110 valence electrons. The average Bonchev–Trinajstić information content (AvgIpc) is 2.89. The van der Waals surface area contributed by atoms with Crippen LogP contribution < -0.4 is 5.32 Å². The average molecular weight is 303 g/mol. The summed E-state index contributed by atoms with van der Waals surface area (Å²) in [5, 5.41) is 16.7. The number of amides is 1. The van der Waals surface area contributed by atoms with Gasteiger partial charge in [0.15, 0.2) is 0 Å². The van der Waals surface area contributed by atoms with Crippen molar-refractivity contribution in [2.75, 3.05) is 5.32 Å². The van der Waals surface area contributed by atoms with Crippen LogP contribution in [0.5, 0.6) is 0 Å². The summed E-state index contributed by atoms with van der Waals surface area (Å²) in [4.78, 5) is 12.0. The molecule has 1 amide bonds. The topological polar surface area (TPSA) is 83.6 Å². The summed E-state index contributed by atoms with van der Waals surface area (Å²) < 4.78 is 5.90. The number of aromatic nitrogens is 3. The van der Waals surface area contributed by atoms with Gasteiger partial charge in [0.05, 0.1) is 11.4 Å². The highest BCUT2D eigenvalue weighted by atomic mass is 32.1. The predicted molar refractivity (Wildman–Crippen MR) is 81.2 cm³/mol. The number of rotatable bonds is 4. The van der Waals surface area contributed by atoms with Crippen LogP contribution in [0.15, 0.2) is 0 Å². The standard InChI is InChI=1S/C14H17N5OS/c1-8-11(10(3)19(4)17-8)5-6-13(20)16-14-12(7-15)9(2)18-21-14/h5-6H2,1-4H3,(H,16,20). The number of nitriles is 1. The number of nitrogens with one attached hydrogen (secondary N) is 1. The highest BCUT2D eigenvalue weighted by Crippen LogP contribution is 2.23. The first-order chi connectivity index (χ1) is 9.93. The summed E-state index contributed by atoms with van der Waals surface area (Å²) in [6.45, 7) is 5.70. The van der Waals surface area contributed by atoms with Crippen molar-refractivity contribution < 1.29 is 4.79 Å². The van der Waals surface area contributed by atoms with Crippen LogP contribution in [0.3, 0.4) is 0 Å². The van der Waals surface area contributed by atoms with Gasteiger partial charge in [-0.3, -0.25) is 9.48 Å². The Morgan fingerprint density at radius 1 is 1.38 bits per heavy atom. The van der Waals surface area contributed by atoms with Crippen LogP contribution in [-0.2, 0) is 18.3 Å². The van der Waals surface area contributed by atoms with E-state index in [-0.39, 0.29) is 5.91 Å². The van der Waals surface area contributed by atoms with E-state index in [1.54, 1.807) is 6.92 Å². The van der Waals surface area contributed by atoms with Gasteiger partial charge in [-0.1, -0.05) is 0 Å². The van der Waals surface area contributed by atoms with Crippen LogP contribution in [0.25, 0.3) is 0 Å². The van der Waals surface area contributed by atoms with Crippen molar-refractivity contribution >= 4 is 22.4 Å². The Morgan fingerprint density at radius 3 is 2.67 bits per heavy atom. The van der Waals surface area contributed by atoms with E-state index in [0.29, 0.717) is 29.1 Å². The Bertz CT molecular complexity index is 723. The molecule has 0 bridgehead atoms. The molecule has 2 rings (SSSR count). The summed E-state index contributed by atoms with van der Waals surface area (Å²) in [7, 11) is 1.89. The first-order valence-corrected chi connectivity index (χ1v) is 7.36. The second-order valence-electron chi connectivity index (χ2n) is 4.91. The molecule has 2 heterocycles. The van der Waals surface area contributed by atoms with Crippen LogP contribution in [-0.4, -0.2) is 20.1 Å². The van der Waals surface area contributed by atoms with Crippen LogP contribution in [0.2, 0.25) is 0 Å². The van der Waals surface area contributed by atoms with Crippen molar-refractivity contribution in [3.63, 3.8) is 0 Å². The van der Waals surface area contributed by atoms with Crippen molar-refractivity contribution in [1.82, 2.24) is 14.2 Å². The molecule has 0 aromatic carbocycles. The maximum Gasteiger partial charge on any atom is 0.225 e. The molecule has 0 aliphatic heterocycles. The van der Waals surface area contributed by atoms with Gasteiger partial charge in [0, 0.05) is 19.2 Å². The second kappa shape index (κ2) is 6.06. The van der Waals surface area contributed by atoms with Gasteiger partial charge in [0.25, 0.3) is 0 Å².